The van der Waals surface area contributed by atoms with E-state index in [9.17, 15) is 0 Å². The van der Waals surface area contributed by atoms with E-state index in [2.05, 4.69) is 264 Å². The van der Waals surface area contributed by atoms with Crippen LogP contribution in [0.2, 0.25) is 0 Å². The Morgan fingerprint density at radius 1 is 0.261 bits per heavy atom. The lowest BCUT2D eigenvalue weighted by molar-refractivity contribution is 0.669. The smallest absolute Gasteiger partial charge is 0.136 e. The van der Waals surface area contributed by atoms with Gasteiger partial charge in [0.1, 0.15) is 11.2 Å². The molecule has 0 aliphatic rings. The lowest BCUT2D eigenvalue weighted by Gasteiger charge is -2.27. The van der Waals surface area contributed by atoms with Crippen LogP contribution in [0.3, 0.4) is 0 Å². The van der Waals surface area contributed by atoms with Gasteiger partial charge in [0.25, 0.3) is 0 Å². The van der Waals surface area contributed by atoms with Gasteiger partial charge in [-0.15, -0.1) is 0 Å². The molecule has 0 amide bonds. The first-order valence-electron chi connectivity index (χ1n) is 23.6. The van der Waals surface area contributed by atoms with Gasteiger partial charge in [-0.3, -0.25) is 0 Å². The van der Waals surface area contributed by atoms with Crippen molar-refractivity contribution in [2.75, 3.05) is 4.90 Å². The fourth-order valence-corrected chi connectivity index (χ4v) is 10.2. The molecule has 324 valence electrons. The van der Waals surface area contributed by atoms with Gasteiger partial charge in [0, 0.05) is 44.3 Å². The molecule has 3 heteroatoms. The van der Waals surface area contributed by atoms with Crippen molar-refractivity contribution in [2.45, 2.75) is 0 Å². The number of hydrogen-bond acceptors (Lipinski definition) is 2. The van der Waals surface area contributed by atoms with Crippen molar-refractivity contribution in [2.24, 2.45) is 0 Å². The van der Waals surface area contributed by atoms with E-state index in [1.165, 1.54) is 44.1 Å². The van der Waals surface area contributed by atoms with Crippen LogP contribution in [0.15, 0.2) is 271 Å². The third-order valence-corrected chi connectivity index (χ3v) is 13.6. The fraction of sp³-hybridized carbons (Fsp3) is 0. The number of rotatable bonds is 9. The van der Waals surface area contributed by atoms with Crippen LogP contribution in [0, 0.1) is 0 Å². The highest BCUT2D eigenvalue weighted by Gasteiger charge is 2.19. The maximum absolute atomic E-state index is 6.52. The van der Waals surface area contributed by atoms with E-state index in [4.69, 9.17) is 4.42 Å². The monoisotopic (exact) mass is 880 g/mol. The molecule has 13 rings (SSSR count). The van der Waals surface area contributed by atoms with Crippen LogP contribution in [-0.2, 0) is 0 Å². The Morgan fingerprint density at radius 2 is 0.768 bits per heavy atom. The maximum Gasteiger partial charge on any atom is 0.136 e. The van der Waals surface area contributed by atoms with Gasteiger partial charge in [-0.2, -0.15) is 0 Å². The van der Waals surface area contributed by atoms with Crippen LogP contribution in [0.1, 0.15) is 0 Å². The van der Waals surface area contributed by atoms with Gasteiger partial charge in [-0.05, 0) is 147 Å². The first kappa shape index (κ1) is 40.1. The predicted octanol–water partition coefficient (Wildman–Crippen LogP) is 18.5. The van der Waals surface area contributed by atoms with Gasteiger partial charge in [0.2, 0.25) is 0 Å². The molecule has 0 saturated carbocycles. The summed E-state index contributed by atoms with van der Waals surface area (Å²) in [6, 6.07) is 96.2. The number of fused-ring (bicyclic) bond motifs is 6. The van der Waals surface area contributed by atoms with Crippen molar-refractivity contribution < 1.29 is 4.42 Å². The largest absolute Gasteiger partial charge is 0.456 e. The van der Waals surface area contributed by atoms with Gasteiger partial charge in [0.05, 0.1) is 11.0 Å². The Hall–Kier alpha value is -9.18. The van der Waals surface area contributed by atoms with Crippen LogP contribution in [0.4, 0.5) is 17.1 Å². The Balaban J connectivity index is 0.962. The highest BCUT2D eigenvalue weighted by molar-refractivity contribution is 6.11. The van der Waals surface area contributed by atoms with Crippen LogP contribution >= 0.6 is 0 Å². The molecular weight excluding hydrogens is 837 g/mol. The average Bonchev–Trinajstić information content (AvgIpc) is 3.97. The number of hydrogen-bond donors (Lipinski definition) is 0. The molecule has 0 unspecified atom stereocenters. The zero-order valence-electron chi connectivity index (χ0n) is 37.7. The number of aromatic nitrogens is 1. The number of benzene rings is 11. The molecule has 3 nitrogen and oxygen atoms in total. The number of anilines is 3. The molecule has 0 N–H and O–H groups in total. The van der Waals surface area contributed by atoms with Crippen LogP contribution in [-0.4, -0.2) is 4.57 Å². The summed E-state index contributed by atoms with van der Waals surface area (Å²) in [5.41, 5.74) is 20.0. The molecule has 0 radical (unpaired) electrons. The van der Waals surface area contributed by atoms with Crippen molar-refractivity contribution in [3.63, 3.8) is 0 Å². The summed E-state index contributed by atoms with van der Waals surface area (Å²) in [5, 5.41) is 4.69. The van der Waals surface area contributed by atoms with Crippen LogP contribution in [0.25, 0.3) is 105 Å². The standard InChI is InChI=1S/C66H44N2O/c1-4-15-45(16-5-1)47-27-34-54(35-28-47)67(55-36-29-48(30-37-55)46-17-6-2-7-18-46)56-22-14-19-51(41-56)57-38-31-49(42-61(57)52-32-39-60-59-24-11-13-26-65(59)69-66(60)44-52)50-33-40-64-62(43-50)58-23-10-12-25-63(58)68(64)53-20-8-3-9-21-53/h1-44H. The van der Waals surface area contributed by atoms with Gasteiger partial charge in [0.15, 0.2) is 0 Å². The summed E-state index contributed by atoms with van der Waals surface area (Å²) in [6.07, 6.45) is 0. The van der Waals surface area contributed by atoms with E-state index < -0.39 is 0 Å². The lowest BCUT2D eigenvalue weighted by Crippen LogP contribution is -2.10. The second-order valence-corrected chi connectivity index (χ2v) is 17.7. The predicted molar refractivity (Wildman–Crippen MR) is 290 cm³/mol. The SMILES string of the molecule is c1ccc(-c2ccc(N(c3ccc(-c4ccccc4)cc3)c3cccc(-c4ccc(-c5ccc6c(c5)c5ccccc5n6-c5ccccc5)cc4-c4ccc5c(c4)oc4ccccc45)c3)cc2)cc1. The van der Waals surface area contributed by atoms with Crippen molar-refractivity contribution >= 4 is 60.8 Å². The molecule has 2 heterocycles. The number of furan rings is 1. The molecule has 0 aliphatic carbocycles. The van der Waals surface area contributed by atoms with E-state index in [0.29, 0.717) is 0 Å². The first-order chi connectivity index (χ1) is 34.2. The second kappa shape index (κ2) is 16.9. The van der Waals surface area contributed by atoms with Gasteiger partial charge in [-0.1, -0.05) is 176 Å². The molecule has 0 saturated heterocycles. The zero-order chi connectivity index (χ0) is 45.7. The van der Waals surface area contributed by atoms with E-state index in [-0.39, 0.29) is 0 Å². The Morgan fingerprint density at radius 3 is 1.48 bits per heavy atom. The average molecular weight is 881 g/mol. The van der Waals surface area contributed by atoms with E-state index in [0.717, 1.165) is 78.1 Å². The lowest BCUT2D eigenvalue weighted by atomic mass is 9.90. The topological polar surface area (TPSA) is 21.3 Å². The summed E-state index contributed by atoms with van der Waals surface area (Å²) >= 11 is 0. The normalized spacial score (nSPS) is 11.5. The zero-order valence-corrected chi connectivity index (χ0v) is 37.7. The summed E-state index contributed by atoms with van der Waals surface area (Å²) in [5.74, 6) is 0. The summed E-state index contributed by atoms with van der Waals surface area (Å²) in [6.45, 7) is 0. The van der Waals surface area contributed by atoms with Gasteiger partial charge < -0.3 is 13.9 Å². The molecule has 0 atom stereocenters. The minimum absolute atomic E-state index is 0.873. The van der Waals surface area contributed by atoms with Crippen LogP contribution in [0.5, 0.6) is 0 Å². The number of nitrogens with zero attached hydrogens (tertiary/aromatic N) is 2. The third-order valence-electron chi connectivity index (χ3n) is 13.6. The molecule has 69 heavy (non-hydrogen) atoms. The Kier molecular flexibility index (Phi) is 9.84. The molecule has 0 bridgehead atoms. The fourth-order valence-electron chi connectivity index (χ4n) is 10.2. The molecule has 0 spiro atoms. The minimum Gasteiger partial charge on any atom is -0.456 e. The van der Waals surface area contributed by atoms with E-state index in [1.54, 1.807) is 0 Å². The van der Waals surface area contributed by atoms with Crippen molar-refractivity contribution in [3.05, 3.63) is 267 Å². The first-order valence-corrected chi connectivity index (χ1v) is 23.6. The van der Waals surface area contributed by atoms with Crippen molar-refractivity contribution in [1.29, 1.82) is 0 Å². The Labute approximate surface area is 401 Å². The molecule has 13 aromatic rings. The molecule has 2 aromatic heterocycles. The molecule has 0 aliphatic heterocycles. The highest BCUT2D eigenvalue weighted by atomic mass is 16.3. The maximum atomic E-state index is 6.52. The third kappa shape index (κ3) is 7.25. The molecular formula is C66H44N2O. The second-order valence-electron chi connectivity index (χ2n) is 17.7. The van der Waals surface area contributed by atoms with Crippen molar-refractivity contribution in [1.82, 2.24) is 4.57 Å². The summed E-state index contributed by atoms with van der Waals surface area (Å²) in [4.78, 5) is 2.36. The van der Waals surface area contributed by atoms with Crippen LogP contribution < -0.4 is 4.90 Å². The highest BCUT2D eigenvalue weighted by Crippen LogP contribution is 2.43. The molecule has 11 aromatic carbocycles. The summed E-state index contributed by atoms with van der Waals surface area (Å²) in [7, 11) is 0. The van der Waals surface area contributed by atoms with Crippen molar-refractivity contribution in [3.8, 4) is 61.3 Å². The minimum atomic E-state index is 0.873. The van der Waals surface area contributed by atoms with E-state index in [1.807, 2.05) is 12.1 Å². The quantitative estimate of drug-likeness (QED) is 0.144. The van der Waals surface area contributed by atoms with E-state index >= 15 is 0 Å². The van der Waals surface area contributed by atoms with Gasteiger partial charge >= 0.3 is 0 Å². The Bertz CT molecular complexity index is 3900. The molecule has 0 fully saturated rings. The summed E-state index contributed by atoms with van der Waals surface area (Å²) < 4.78 is 8.89. The van der Waals surface area contributed by atoms with Gasteiger partial charge in [-0.25, -0.2) is 0 Å². The number of para-hydroxylation sites is 3.